The Balaban J connectivity index is 0.00000168. The highest BCUT2D eigenvalue weighted by molar-refractivity contribution is 6.35. The maximum absolute atomic E-state index is 9.54. The van der Waals surface area contributed by atoms with Gasteiger partial charge in [0, 0.05) is 60.2 Å². The van der Waals surface area contributed by atoms with Crippen LogP contribution in [0, 0.1) is 17.2 Å². The number of nitrogens with one attached hydrogen (secondary N) is 1. The first-order valence-corrected chi connectivity index (χ1v) is 18.0. The van der Waals surface area contributed by atoms with Crippen molar-refractivity contribution >= 4 is 29.4 Å². The van der Waals surface area contributed by atoms with Gasteiger partial charge < -0.3 is 29.5 Å². The van der Waals surface area contributed by atoms with E-state index in [4.69, 9.17) is 47.0 Å². The highest BCUT2D eigenvalue weighted by Crippen LogP contribution is 2.45. The van der Waals surface area contributed by atoms with Crippen molar-refractivity contribution in [1.29, 1.82) is 5.26 Å². The first-order valence-electron chi connectivity index (χ1n) is 17.3. The van der Waals surface area contributed by atoms with E-state index in [1.165, 1.54) is 24.6 Å². The molecule has 0 saturated carbocycles. The second-order valence-electron chi connectivity index (χ2n) is 13.1. The number of pyridine rings is 1. The highest BCUT2D eigenvalue weighted by atomic mass is 35.5. The van der Waals surface area contributed by atoms with Crippen LogP contribution >= 0.6 is 23.2 Å². The number of aliphatic hydroxyl groups excluding tert-OH is 1. The summed E-state index contributed by atoms with van der Waals surface area (Å²) >= 11 is 13.9. The SMILES string of the molecule is C[C@H](CO)NCc1cc(Cl)c(O[C@@H]2CCc3c(-c4cccc(OC[C@H]5CCCN(C)C5)c4Cl)cccc32)cc1OCc1cncc(C#N)c1.O=C=O. The summed E-state index contributed by atoms with van der Waals surface area (Å²) in [6.45, 7) is 5.38. The number of nitriles is 1. The van der Waals surface area contributed by atoms with Gasteiger partial charge in [0.2, 0.25) is 0 Å². The minimum atomic E-state index is -0.211. The summed E-state index contributed by atoms with van der Waals surface area (Å²) in [5.41, 5.74) is 6.40. The van der Waals surface area contributed by atoms with E-state index in [9.17, 15) is 10.4 Å². The number of hydrogen-bond donors (Lipinski definition) is 2. The molecule has 1 fully saturated rings. The minimum absolute atomic E-state index is 0.00161. The molecule has 0 amide bonds. The predicted octanol–water partition coefficient (Wildman–Crippen LogP) is 7.18. The Morgan fingerprint density at radius 2 is 1.83 bits per heavy atom. The van der Waals surface area contributed by atoms with E-state index in [1.54, 1.807) is 12.3 Å². The van der Waals surface area contributed by atoms with Gasteiger partial charge in [-0.2, -0.15) is 14.9 Å². The molecule has 0 spiro atoms. The van der Waals surface area contributed by atoms with Crippen LogP contribution in [-0.2, 0) is 29.2 Å². The largest absolute Gasteiger partial charge is 0.492 e. The molecule has 1 saturated heterocycles. The molecule has 3 atom stereocenters. The molecule has 4 aromatic rings. The normalized spacial score (nSPS) is 17.2. The fourth-order valence-electron chi connectivity index (χ4n) is 6.67. The topological polar surface area (TPSA) is 134 Å². The molecule has 3 aromatic carbocycles. The Morgan fingerprint density at radius 3 is 2.60 bits per heavy atom. The molecule has 52 heavy (non-hydrogen) atoms. The summed E-state index contributed by atoms with van der Waals surface area (Å²) in [7, 11) is 2.16. The van der Waals surface area contributed by atoms with Gasteiger partial charge in [-0.3, -0.25) is 4.98 Å². The Hall–Kier alpha value is -4.46. The van der Waals surface area contributed by atoms with Gasteiger partial charge in [0.25, 0.3) is 0 Å². The number of aliphatic hydroxyl groups is 1. The van der Waals surface area contributed by atoms with Crippen LogP contribution in [0.5, 0.6) is 17.2 Å². The van der Waals surface area contributed by atoms with Crippen molar-refractivity contribution < 1.29 is 28.9 Å². The molecule has 0 unspecified atom stereocenters. The molecule has 272 valence electrons. The minimum Gasteiger partial charge on any atom is -0.492 e. The zero-order chi connectivity index (χ0) is 37.0. The van der Waals surface area contributed by atoms with Gasteiger partial charge in [0.15, 0.2) is 0 Å². The van der Waals surface area contributed by atoms with Crippen molar-refractivity contribution in [3.05, 3.63) is 105 Å². The summed E-state index contributed by atoms with van der Waals surface area (Å²) in [6, 6.07) is 19.7. The Morgan fingerprint density at radius 1 is 1.04 bits per heavy atom. The molecule has 0 bridgehead atoms. The Kier molecular flexibility index (Phi) is 14.1. The number of benzene rings is 3. The maximum atomic E-state index is 9.54. The Bertz CT molecular complexity index is 1910. The van der Waals surface area contributed by atoms with Crippen molar-refractivity contribution in [2.24, 2.45) is 5.92 Å². The van der Waals surface area contributed by atoms with E-state index in [1.807, 2.05) is 37.3 Å². The monoisotopic (exact) mass is 744 g/mol. The number of hydrogen-bond acceptors (Lipinski definition) is 10. The van der Waals surface area contributed by atoms with Crippen LogP contribution in [0.4, 0.5) is 0 Å². The molecule has 1 aliphatic carbocycles. The number of halogens is 2. The molecule has 12 heteroatoms. The van der Waals surface area contributed by atoms with Crippen molar-refractivity contribution in [3.8, 4) is 34.4 Å². The average Bonchev–Trinajstić information content (AvgIpc) is 3.57. The number of likely N-dealkylation sites (tertiary alicyclic amines) is 1. The van der Waals surface area contributed by atoms with Crippen LogP contribution < -0.4 is 19.5 Å². The summed E-state index contributed by atoms with van der Waals surface area (Å²) < 4.78 is 19.2. The summed E-state index contributed by atoms with van der Waals surface area (Å²) in [4.78, 5) is 22.8. The van der Waals surface area contributed by atoms with Crippen LogP contribution in [0.15, 0.2) is 67.0 Å². The predicted molar refractivity (Wildman–Crippen MR) is 197 cm³/mol. The van der Waals surface area contributed by atoms with Crippen LogP contribution in [0.3, 0.4) is 0 Å². The van der Waals surface area contributed by atoms with Crippen molar-refractivity contribution in [3.63, 3.8) is 0 Å². The van der Waals surface area contributed by atoms with E-state index >= 15 is 0 Å². The number of carbonyl (C=O) groups excluding carboxylic acids is 2. The third-order valence-electron chi connectivity index (χ3n) is 9.28. The number of nitrogens with zero attached hydrogens (tertiary/aromatic N) is 3. The van der Waals surface area contributed by atoms with E-state index < -0.39 is 0 Å². The number of piperidine rings is 1. The van der Waals surface area contributed by atoms with Crippen molar-refractivity contribution in [2.75, 3.05) is 33.4 Å². The smallest absolute Gasteiger partial charge is 0.373 e. The second kappa shape index (κ2) is 18.9. The van der Waals surface area contributed by atoms with Crippen LogP contribution in [0.25, 0.3) is 11.1 Å². The lowest BCUT2D eigenvalue weighted by Crippen LogP contribution is -2.34. The number of aromatic nitrogens is 1. The second-order valence-corrected chi connectivity index (χ2v) is 13.9. The molecule has 2 heterocycles. The molecular weight excluding hydrogens is 703 g/mol. The third-order valence-corrected chi connectivity index (χ3v) is 9.97. The molecule has 6 rings (SSSR count). The molecule has 1 aliphatic heterocycles. The lowest BCUT2D eigenvalue weighted by Gasteiger charge is -2.29. The molecule has 2 aliphatic rings. The van der Waals surface area contributed by atoms with Crippen molar-refractivity contribution in [2.45, 2.75) is 57.9 Å². The maximum Gasteiger partial charge on any atom is 0.373 e. The summed E-state index contributed by atoms with van der Waals surface area (Å²) in [6.07, 6.45) is 7.21. The first kappa shape index (κ1) is 38.8. The van der Waals surface area contributed by atoms with Crippen LogP contribution in [-0.4, -0.2) is 60.5 Å². The van der Waals surface area contributed by atoms with Crippen LogP contribution in [0.2, 0.25) is 10.0 Å². The van der Waals surface area contributed by atoms with E-state index in [-0.39, 0.29) is 31.5 Å². The molecule has 2 N–H and O–H groups in total. The van der Waals surface area contributed by atoms with Gasteiger partial charge in [-0.1, -0.05) is 53.5 Å². The lowest BCUT2D eigenvalue weighted by atomic mass is 9.96. The Labute approximate surface area is 314 Å². The number of ether oxygens (including phenoxy) is 3. The summed E-state index contributed by atoms with van der Waals surface area (Å²) in [5.74, 6) is 2.32. The zero-order valence-electron chi connectivity index (χ0n) is 29.2. The average molecular weight is 746 g/mol. The van der Waals surface area contributed by atoms with Gasteiger partial charge >= 0.3 is 6.15 Å². The lowest BCUT2D eigenvalue weighted by molar-refractivity contribution is -0.191. The standard InChI is InChI=1S/C39H42Cl2N4O4.CO2/c1-25(22-46)44-20-29-15-34(40)38(16-37(29)48-24-28-14-27(17-42)18-43-19-28)49-35-12-11-31-30(7-3-8-32(31)35)33-9-4-10-36(39(33)41)47-23-26-6-5-13-45(2)21-26;2-1-3/h3-4,7-10,14-16,18-19,25-26,35,44,46H,5-6,11-13,20-24H2,1-2H3;/t25-,26+,35-;/m1./s1. The van der Waals surface area contributed by atoms with E-state index in [0.717, 1.165) is 53.7 Å². The van der Waals surface area contributed by atoms with E-state index in [0.29, 0.717) is 51.9 Å². The molecule has 1 aromatic heterocycles. The first-order chi connectivity index (χ1) is 25.2. The fourth-order valence-corrected chi connectivity index (χ4v) is 7.18. The zero-order valence-corrected chi connectivity index (χ0v) is 30.8. The van der Waals surface area contributed by atoms with Gasteiger partial charge in [-0.05, 0) is 81.1 Å². The number of fused-ring (bicyclic) bond motifs is 1. The van der Waals surface area contributed by atoms with Crippen LogP contribution in [0.1, 0.15) is 60.1 Å². The fraction of sp³-hybridized carbons (Fsp3) is 0.375. The molecular formula is C40H42Cl2N4O6. The van der Waals surface area contributed by atoms with Gasteiger partial charge in [0.1, 0.15) is 36.0 Å². The number of rotatable bonds is 13. The quantitative estimate of drug-likeness (QED) is 0.145. The third kappa shape index (κ3) is 9.90. The molecule has 10 nitrogen and oxygen atoms in total. The van der Waals surface area contributed by atoms with Gasteiger partial charge in [0.05, 0.1) is 28.8 Å². The van der Waals surface area contributed by atoms with Gasteiger partial charge in [-0.25, -0.2) is 0 Å². The molecule has 0 radical (unpaired) electrons. The van der Waals surface area contributed by atoms with E-state index in [2.05, 4.69) is 46.5 Å². The van der Waals surface area contributed by atoms with Gasteiger partial charge in [-0.15, -0.1) is 0 Å². The van der Waals surface area contributed by atoms with Crippen molar-refractivity contribution in [1.82, 2.24) is 15.2 Å². The highest BCUT2D eigenvalue weighted by Gasteiger charge is 2.29. The summed E-state index contributed by atoms with van der Waals surface area (Å²) in [5, 5.41) is 23.2.